The van der Waals surface area contributed by atoms with Crippen LogP contribution in [-0.2, 0) is 9.53 Å². The van der Waals surface area contributed by atoms with Gasteiger partial charge in [-0.05, 0) is 26.2 Å². The van der Waals surface area contributed by atoms with Crippen LogP contribution in [0.15, 0.2) is 0 Å². The minimum atomic E-state index is 0.215. The number of ketones is 1. The molecule has 0 radical (unpaired) electrons. The van der Waals surface area contributed by atoms with Crippen LogP contribution in [0.1, 0.15) is 40.0 Å². The Morgan fingerprint density at radius 3 is 2.29 bits per heavy atom. The highest BCUT2D eigenvalue weighted by Crippen LogP contribution is 2.19. The van der Waals surface area contributed by atoms with Crippen molar-refractivity contribution in [1.82, 2.24) is 14.7 Å². The first-order chi connectivity index (χ1) is 11.6. The van der Waals surface area contributed by atoms with Crippen molar-refractivity contribution in [3.8, 4) is 0 Å². The number of hydrogen-bond acceptors (Lipinski definition) is 5. The molecule has 2 heterocycles. The molecule has 1 atom stereocenters. The monoisotopic (exact) mass is 339 g/mol. The van der Waals surface area contributed by atoms with E-state index in [1.165, 1.54) is 39.0 Å². The van der Waals surface area contributed by atoms with E-state index in [1.807, 2.05) is 0 Å². The number of Topliss-reactive ketones (excluding diaryl/α,β-unsaturated/α-hetero) is 1. The summed E-state index contributed by atoms with van der Waals surface area (Å²) in [6.45, 7) is 16.5. The van der Waals surface area contributed by atoms with Gasteiger partial charge in [0.25, 0.3) is 0 Å². The predicted octanol–water partition coefficient (Wildman–Crippen LogP) is 1.72. The second kappa shape index (κ2) is 10.5. The summed E-state index contributed by atoms with van der Waals surface area (Å²) in [6, 6.07) is 0.717. The van der Waals surface area contributed by atoms with E-state index in [2.05, 4.69) is 35.5 Å². The van der Waals surface area contributed by atoms with Crippen molar-refractivity contribution >= 4 is 5.78 Å². The maximum atomic E-state index is 12.1. The summed E-state index contributed by atoms with van der Waals surface area (Å²) in [5, 5.41) is 0. The molecule has 2 aliphatic rings. The summed E-state index contributed by atoms with van der Waals surface area (Å²) in [5.41, 5.74) is 0. The van der Waals surface area contributed by atoms with Crippen LogP contribution in [0.25, 0.3) is 0 Å². The quantitative estimate of drug-likeness (QED) is 0.598. The third-order valence-electron chi connectivity index (χ3n) is 5.78. The molecule has 0 aliphatic carbocycles. The zero-order valence-electron chi connectivity index (χ0n) is 16.0. The lowest BCUT2D eigenvalue weighted by Gasteiger charge is -2.42. The Labute approximate surface area is 148 Å². The minimum absolute atomic E-state index is 0.215. The molecule has 0 aromatic heterocycles. The molecule has 0 bridgehead atoms. The molecule has 5 nitrogen and oxygen atoms in total. The van der Waals surface area contributed by atoms with Gasteiger partial charge in [0.15, 0.2) is 0 Å². The summed E-state index contributed by atoms with van der Waals surface area (Å²) in [6.07, 6.45) is 3.39. The van der Waals surface area contributed by atoms with Crippen molar-refractivity contribution in [1.29, 1.82) is 0 Å². The second-order valence-electron chi connectivity index (χ2n) is 7.36. The maximum Gasteiger partial charge on any atom is 0.149 e. The summed E-state index contributed by atoms with van der Waals surface area (Å²) in [4.78, 5) is 19.7. The van der Waals surface area contributed by atoms with Crippen molar-refractivity contribution in [3.63, 3.8) is 0 Å². The third kappa shape index (κ3) is 6.10. The van der Waals surface area contributed by atoms with E-state index in [9.17, 15) is 4.79 Å². The maximum absolute atomic E-state index is 12.1. The van der Waals surface area contributed by atoms with Crippen LogP contribution < -0.4 is 0 Å². The highest BCUT2D eigenvalue weighted by molar-refractivity contribution is 5.82. The summed E-state index contributed by atoms with van der Waals surface area (Å²) >= 11 is 0. The van der Waals surface area contributed by atoms with Crippen LogP contribution in [-0.4, -0.2) is 92.1 Å². The normalized spacial score (nSPS) is 23.5. The molecule has 2 saturated heterocycles. The molecule has 140 valence electrons. The lowest BCUT2D eigenvalue weighted by Crippen LogP contribution is -2.54. The second-order valence-corrected chi connectivity index (χ2v) is 7.36. The van der Waals surface area contributed by atoms with E-state index in [1.54, 1.807) is 0 Å². The van der Waals surface area contributed by atoms with Gasteiger partial charge in [-0.3, -0.25) is 19.5 Å². The number of rotatable bonds is 9. The molecule has 0 amide bonds. The van der Waals surface area contributed by atoms with E-state index >= 15 is 0 Å². The average Bonchev–Trinajstić information content (AvgIpc) is 2.62. The molecule has 2 rings (SSSR count). The molecule has 0 saturated carbocycles. The molecule has 0 aromatic rings. The van der Waals surface area contributed by atoms with Crippen LogP contribution in [0.2, 0.25) is 0 Å². The lowest BCUT2D eigenvalue weighted by atomic mass is 9.99. The van der Waals surface area contributed by atoms with Gasteiger partial charge in [0.1, 0.15) is 5.78 Å². The molecule has 5 heteroatoms. The van der Waals surface area contributed by atoms with Crippen LogP contribution >= 0.6 is 0 Å². The van der Waals surface area contributed by atoms with Crippen molar-refractivity contribution < 1.29 is 9.53 Å². The molecule has 0 spiro atoms. The molecular formula is C19H37N3O2. The van der Waals surface area contributed by atoms with Gasteiger partial charge in [-0.1, -0.05) is 13.8 Å². The summed E-state index contributed by atoms with van der Waals surface area (Å²) < 4.78 is 5.46. The lowest BCUT2D eigenvalue weighted by molar-refractivity contribution is -0.124. The van der Waals surface area contributed by atoms with Gasteiger partial charge >= 0.3 is 0 Å². The fraction of sp³-hybridized carbons (Fsp3) is 0.947. The van der Waals surface area contributed by atoms with Gasteiger partial charge in [-0.15, -0.1) is 0 Å². The smallest absolute Gasteiger partial charge is 0.149 e. The van der Waals surface area contributed by atoms with E-state index in [4.69, 9.17) is 4.74 Å². The number of ether oxygens (including phenoxy) is 1. The van der Waals surface area contributed by atoms with Gasteiger partial charge < -0.3 is 4.74 Å². The van der Waals surface area contributed by atoms with E-state index in [-0.39, 0.29) is 5.92 Å². The van der Waals surface area contributed by atoms with Crippen molar-refractivity contribution in [3.05, 3.63) is 0 Å². The van der Waals surface area contributed by atoms with Crippen molar-refractivity contribution in [2.24, 2.45) is 5.92 Å². The zero-order valence-corrected chi connectivity index (χ0v) is 16.0. The SMILES string of the molecule is CCOCCN1CCN(C2CCN(CC(=O)C(C)CC)CC2)CC1. The fourth-order valence-electron chi connectivity index (χ4n) is 3.74. The standard InChI is InChI=1S/C19H37N3O2/c1-4-17(3)19(23)16-21-8-6-18(7-9-21)22-12-10-20(11-13-22)14-15-24-5-2/h17-18H,4-16H2,1-3H3. The van der Waals surface area contributed by atoms with Gasteiger partial charge in [0.2, 0.25) is 0 Å². The zero-order chi connectivity index (χ0) is 17.4. The first kappa shape index (κ1) is 19.8. The summed E-state index contributed by atoms with van der Waals surface area (Å²) in [5.74, 6) is 0.631. The van der Waals surface area contributed by atoms with E-state index in [0.717, 1.165) is 39.3 Å². The topological polar surface area (TPSA) is 36.0 Å². The molecule has 24 heavy (non-hydrogen) atoms. The Kier molecular flexibility index (Phi) is 8.67. The first-order valence-corrected chi connectivity index (χ1v) is 9.93. The Balaban J connectivity index is 1.64. The Hall–Kier alpha value is -0.490. The minimum Gasteiger partial charge on any atom is -0.380 e. The molecule has 2 aliphatic heterocycles. The van der Waals surface area contributed by atoms with Crippen LogP contribution in [0.3, 0.4) is 0 Å². The van der Waals surface area contributed by atoms with Crippen LogP contribution in [0.4, 0.5) is 0 Å². The molecular weight excluding hydrogens is 302 g/mol. The molecule has 0 N–H and O–H groups in total. The Morgan fingerprint density at radius 2 is 1.71 bits per heavy atom. The molecule has 1 unspecified atom stereocenters. The van der Waals surface area contributed by atoms with Crippen LogP contribution in [0.5, 0.6) is 0 Å². The molecule has 0 aromatic carbocycles. The number of piperazine rings is 1. The van der Waals surface area contributed by atoms with Gasteiger partial charge in [0, 0.05) is 64.4 Å². The number of carbonyl (C=O) groups excluding carboxylic acids is 1. The van der Waals surface area contributed by atoms with Crippen molar-refractivity contribution in [2.75, 3.05) is 65.6 Å². The third-order valence-corrected chi connectivity index (χ3v) is 5.78. The van der Waals surface area contributed by atoms with E-state index < -0.39 is 0 Å². The highest BCUT2D eigenvalue weighted by Gasteiger charge is 2.28. The number of carbonyl (C=O) groups is 1. The Morgan fingerprint density at radius 1 is 1.04 bits per heavy atom. The molecule has 2 fully saturated rings. The number of nitrogens with zero attached hydrogens (tertiary/aromatic N) is 3. The van der Waals surface area contributed by atoms with Crippen LogP contribution in [0, 0.1) is 5.92 Å². The van der Waals surface area contributed by atoms with Gasteiger partial charge in [0.05, 0.1) is 13.2 Å². The van der Waals surface area contributed by atoms with Gasteiger partial charge in [-0.25, -0.2) is 0 Å². The fourth-order valence-corrected chi connectivity index (χ4v) is 3.74. The van der Waals surface area contributed by atoms with Crippen molar-refractivity contribution in [2.45, 2.75) is 46.1 Å². The van der Waals surface area contributed by atoms with Gasteiger partial charge in [-0.2, -0.15) is 0 Å². The average molecular weight is 340 g/mol. The first-order valence-electron chi connectivity index (χ1n) is 9.93. The summed E-state index contributed by atoms with van der Waals surface area (Å²) in [7, 11) is 0. The Bertz CT molecular complexity index is 362. The number of hydrogen-bond donors (Lipinski definition) is 0. The predicted molar refractivity (Wildman–Crippen MR) is 98.4 cm³/mol. The number of likely N-dealkylation sites (tertiary alicyclic amines) is 1. The highest BCUT2D eigenvalue weighted by atomic mass is 16.5. The largest absolute Gasteiger partial charge is 0.380 e. The van der Waals surface area contributed by atoms with E-state index in [0.29, 0.717) is 18.4 Å². The number of piperidine rings is 1.